The first kappa shape index (κ1) is 24.9. The third kappa shape index (κ3) is 7.69. The summed E-state index contributed by atoms with van der Waals surface area (Å²) in [6.45, 7) is 7.17. The summed E-state index contributed by atoms with van der Waals surface area (Å²) < 4.78 is 32.6. The van der Waals surface area contributed by atoms with Gasteiger partial charge in [-0.1, -0.05) is 19.1 Å². The van der Waals surface area contributed by atoms with Gasteiger partial charge in [0.2, 0.25) is 5.91 Å². The highest BCUT2D eigenvalue weighted by Gasteiger charge is 2.23. The molecule has 11 heteroatoms. The van der Waals surface area contributed by atoms with Crippen molar-refractivity contribution in [1.82, 2.24) is 10.3 Å². The Kier molecular flexibility index (Phi) is 8.29. The Morgan fingerprint density at radius 2 is 1.87 bits per heavy atom. The zero-order chi connectivity index (χ0) is 23.2. The van der Waals surface area contributed by atoms with Gasteiger partial charge in [-0.05, 0) is 51.3 Å². The molecule has 9 nitrogen and oxygen atoms in total. The summed E-state index contributed by atoms with van der Waals surface area (Å²) in [5.41, 5.74) is 0.969. The number of amides is 1. The molecule has 0 saturated carbocycles. The second-order valence-corrected chi connectivity index (χ2v) is 10.3. The van der Waals surface area contributed by atoms with Crippen molar-refractivity contribution in [2.24, 2.45) is 5.90 Å². The molecule has 0 unspecified atom stereocenters. The number of aromatic nitrogens is 1. The number of carbonyl (C=O) groups excluding carboxylic acids is 2. The topological polar surface area (TPSA) is 138 Å². The quantitative estimate of drug-likeness (QED) is 0.324. The van der Waals surface area contributed by atoms with Crippen LogP contribution >= 0.6 is 11.3 Å². The van der Waals surface area contributed by atoms with E-state index < -0.39 is 40.1 Å². The number of hydrogen-bond acceptors (Lipinski definition) is 9. The minimum atomic E-state index is -4.00. The van der Waals surface area contributed by atoms with E-state index in [1.165, 1.54) is 23.5 Å². The number of nitrogens with one attached hydrogen (secondary N) is 1. The van der Waals surface area contributed by atoms with E-state index in [2.05, 4.69) is 14.6 Å². The first-order valence-electron chi connectivity index (χ1n) is 9.61. The number of nitrogens with two attached hydrogens (primary N) is 1. The third-order valence-electron chi connectivity index (χ3n) is 4.07. The Morgan fingerprint density at radius 3 is 2.39 bits per heavy atom. The molecule has 0 aliphatic rings. The second kappa shape index (κ2) is 10.3. The van der Waals surface area contributed by atoms with E-state index in [9.17, 15) is 18.0 Å². The maximum absolute atomic E-state index is 12.5. The fraction of sp³-hybridized carbons (Fsp3) is 0.450. The average molecular weight is 470 g/mol. The van der Waals surface area contributed by atoms with Crippen molar-refractivity contribution in [1.29, 1.82) is 0 Å². The molecule has 1 atom stereocenters. The molecular formula is C20H27N3O6S2. The molecule has 1 amide bonds. The standard InChI is InChI=1S/C20H27N3O6S2/c1-5-14-12-30-19(22-14)16(23-17(24)11-18(25)28-20(2,3)4)10-13-6-8-15(9-7-13)31(26,27)29-21/h6-9,12,16H,5,10-11,21H2,1-4H3,(H,23,24)/t16-/m0/s1. The highest BCUT2D eigenvalue weighted by molar-refractivity contribution is 7.86. The molecule has 31 heavy (non-hydrogen) atoms. The predicted molar refractivity (Wildman–Crippen MR) is 115 cm³/mol. The Labute approximate surface area is 186 Å². The molecule has 1 aromatic carbocycles. The van der Waals surface area contributed by atoms with Crippen LogP contribution in [0.4, 0.5) is 0 Å². The molecule has 0 aliphatic carbocycles. The van der Waals surface area contributed by atoms with Crippen molar-refractivity contribution in [2.45, 2.75) is 63.5 Å². The van der Waals surface area contributed by atoms with E-state index in [0.29, 0.717) is 11.4 Å². The van der Waals surface area contributed by atoms with Gasteiger partial charge >= 0.3 is 16.1 Å². The lowest BCUT2D eigenvalue weighted by molar-refractivity contribution is -0.156. The first-order chi connectivity index (χ1) is 14.4. The van der Waals surface area contributed by atoms with E-state index in [4.69, 9.17) is 10.6 Å². The Balaban J connectivity index is 2.17. The van der Waals surface area contributed by atoms with Crippen molar-refractivity contribution >= 4 is 33.3 Å². The minimum absolute atomic E-state index is 0.0771. The highest BCUT2D eigenvalue weighted by atomic mass is 32.2. The first-order valence-corrected chi connectivity index (χ1v) is 11.9. The van der Waals surface area contributed by atoms with Crippen LogP contribution in [0.1, 0.15) is 56.4 Å². The van der Waals surface area contributed by atoms with Crippen LogP contribution < -0.4 is 11.2 Å². The van der Waals surface area contributed by atoms with Gasteiger partial charge in [0.1, 0.15) is 17.0 Å². The smallest absolute Gasteiger partial charge is 0.315 e. The number of benzene rings is 1. The summed E-state index contributed by atoms with van der Waals surface area (Å²) in [4.78, 5) is 28.9. The van der Waals surface area contributed by atoms with Crippen LogP contribution in [0.5, 0.6) is 0 Å². The van der Waals surface area contributed by atoms with Crippen molar-refractivity contribution in [3.8, 4) is 0 Å². The van der Waals surface area contributed by atoms with Crippen LogP contribution in [0.3, 0.4) is 0 Å². The van der Waals surface area contributed by atoms with Crippen molar-refractivity contribution in [3.05, 3.63) is 45.9 Å². The summed E-state index contributed by atoms with van der Waals surface area (Å²) in [7, 11) is -4.00. The van der Waals surface area contributed by atoms with Gasteiger partial charge in [0, 0.05) is 5.38 Å². The number of thiazole rings is 1. The Bertz CT molecular complexity index is 1010. The van der Waals surface area contributed by atoms with E-state index in [1.54, 1.807) is 32.9 Å². The molecule has 0 fully saturated rings. The fourth-order valence-corrected chi connectivity index (χ4v) is 4.22. The molecule has 0 saturated heterocycles. The van der Waals surface area contributed by atoms with Crippen LogP contribution in [-0.2, 0) is 41.6 Å². The Morgan fingerprint density at radius 1 is 1.23 bits per heavy atom. The second-order valence-electron chi connectivity index (χ2n) is 7.81. The van der Waals surface area contributed by atoms with Crippen LogP contribution in [0.25, 0.3) is 0 Å². The lowest BCUT2D eigenvalue weighted by Crippen LogP contribution is -2.33. The van der Waals surface area contributed by atoms with Crippen LogP contribution in [0, 0.1) is 0 Å². The van der Waals surface area contributed by atoms with E-state index >= 15 is 0 Å². The molecule has 170 valence electrons. The van der Waals surface area contributed by atoms with E-state index in [-0.39, 0.29) is 4.90 Å². The molecule has 0 radical (unpaired) electrons. The number of carbonyl (C=O) groups is 2. The molecule has 0 bridgehead atoms. The molecule has 0 spiro atoms. The zero-order valence-corrected chi connectivity index (χ0v) is 19.5. The molecular weight excluding hydrogens is 442 g/mol. The number of aryl methyl sites for hydroxylation is 1. The van der Waals surface area contributed by atoms with Crippen molar-refractivity contribution in [3.63, 3.8) is 0 Å². The van der Waals surface area contributed by atoms with E-state index in [0.717, 1.165) is 17.7 Å². The lowest BCUT2D eigenvalue weighted by Gasteiger charge is -2.20. The van der Waals surface area contributed by atoms with Gasteiger partial charge in [-0.3, -0.25) is 9.59 Å². The summed E-state index contributed by atoms with van der Waals surface area (Å²) in [5.74, 6) is 3.70. The summed E-state index contributed by atoms with van der Waals surface area (Å²) >= 11 is 1.41. The average Bonchev–Trinajstić information content (AvgIpc) is 3.15. The number of hydrogen-bond donors (Lipinski definition) is 2. The fourth-order valence-electron chi connectivity index (χ4n) is 2.68. The normalized spacial score (nSPS) is 12.9. The maximum Gasteiger partial charge on any atom is 0.315 e. The predicted octanol–water partition coefficient (Wildman–Crippen LogP) is 2.42. The van der Waals surface area contributed by atoms with Gasteiger partial charge in [0.15, 0.2) is 0 Å². The van der Waals surface area contributed by atoms with Gasteiger partial charge in [-0.15, -0.1) is 11.3 Å². The molecule has 1 aromatic heterocycles. The van der Waals surface area contributed by atoms with Gasteiger partial charge in [0.05, 0.1) is 16.6 Å². The SMILES string of the molecule is CCc1csc([C@H](Cc2ccc(S(=O)(=O)ON)cc2)NC(=O)CC(=O)OC(C)(C)C)n1. The van der Waals surface area contributed by atoms with Gasteiger partial charge in [-0.25, -0.2) is 4.98 Å². The number of rotatable bonds is 9. The monoisotopic (exact) mass is 469 g/mol. The minimum Gasteiger partial charge on any atom is -0.460 e. The van der Waals surface area contributed by atoms with Crippen LogP contribution in [-0.4, -0.2) is 30.9 Å². The highest BCUT2D eigenvalue weighted by Crippen LogP contribution is 2.24. The number of ether oxygens (including phenoxy) is 1. The van der Waals surface area contributed by atoms with Crippen molar-refractivity contribution < 1.29 is 27.0 Å². The van der Waals surface area contributed by atoms with Gasteiger partial charge in [0.25, 0.3) is 0 Å². The van der Waals surface area contributed by atoms with E-state index in [1.807, 2.05) is 12.3 Å². The van der Waals surface area contributed by atoms with Crippen molar-refractivity contribution in [2.75, 3.05) is 0 Å². The van der Waals surface area contributed by atoms with Crippen LogP contribution in [0.2, 0.25) is 0 Å². The van der Waals surface area contributed by atoms with Crippen LogP contribution in [0.15, 0.2) is 34.5 Å². The lowest BCUT2D eigenvalue weighted by atomic mass is 10.1. The largest absolute Gasteiger partial charge is 0.460 e. The molecule has 3 N–H and O–H groups in total. The summed E-state index contributed by atoms with van der Waals surface area (Å²) in [6.07, 6.45) is 0.687. The van der Waals surface area contributed by atoms with Gasteiger partial charge in [-0.2, -0.15) is 18.6 Å². The maximum atomic E-state index is 12.5. The third-order valence-corrected chi connectivity index (χ3v) is 6.18. The Hall–Kier alpha value is -2.34. The molecule has 2 aromatic rings. The molecule has 0 aliphatic heterocycles. The zero-order valence-electron chi connectivity index (χ0n) is 17.9. The summed E-state index contributed by atoms with van der Waals surface area (Å²) in [5, 5.41) is 5.44. The molecule has 2 rings (SSSR count). The summed E-state index contributed by atoms with van der Waals surface area (Å²) in [6, 6.07) is 5.46. The number of nitrogens with zero attached hydrogens (tertiary/aromatic N) is 1. The van der Waals surface area contributed by atoms with Gasteiger partial charge < -0.3 is 10.1 Å². The number of esters is 1. The molecule has 1 heterocycles.